The SMILES string of the molecule is CCCC(CC(=O)O)NC(=O)C1(CCC)CCCNC1. The zero-order valence-electron chi connectivity index (χ0n) is 12.7. The Morgan fingerprint density at radius 1 is 1.35 bits per heavy atom. The molecule has 2 atom stereocenters. The summed E-state index contributed by atoms with van der Waals surface area (Å²) in [7, 11) is 0. The third-order valence-corrected chi connectivity index (χ3v) is 4.08. The first-order valence-corrected chi connectivity index (χ1v) is 7.77. The van der Waals surface area contributed by atoms with E-state index < -0.39 is 5.97 Å². The first-order valence-electron chi connectivity index (χ1n) is 7.77. The highest BCUT2D eigenvalue weighted by Gasteiger charge is 2.39. The van der Waals surface area contributed by atoms with E-state index in [1.165, 1.54) is 0 Å². The average molecular weight is 284 g/mol. The molecular formula is C15H28N2O3. The van der Waals surface area contributed by atoms with Crippen LogP contribution in [0.4, 0.5) is 0 Å². The molecule has 1 rings (SSSR count). The van der Waals surface area contributed by atoms with Gasteiger partial charge in [-0.1, -0.05) is 26.7 Å². The number of hydrogen-bond acceptors (Lipinski definition) is 3. The molecule has 0 bridgehead atoms. The van der Waals surface area contributed by atoms with Crippen molar-refractivity contribution in [2.75, 3.05) is 13.1 Å². The normalized spacial score (nSPS) is 24.1. The first-order chi connectivity index (χ1) is 9.54. The average Bonchev–Trinajstić information content (AvgIpc) is 2.39. The third kappa shape index (κ3) is 4.78. The van der Waals surface area contributed by atoms with Crippen LogP contribution < -0.4 is 10.6 Å². The highest BCUT2D eigenvalue weighted by Crippen LogP contribution is 2.32. The monoisotopic (exact) mass is 284 g/mol. The molecule has 0 saturated carbocycles. The highest BCUT2D eigenvalue weighted by atomic mass is 16.4. The van der Waals surface area contributed by atoms with Gasteiger partial charge in [-0.05, 0) is 32.2 Å². The Labute approximate surface area is 121 Å². The predicted molar refractivity (Wildman–Crippen MR) is 78.5 cm³/mol. The summed E-state index contributed by atoms with van der Waals surface area (Å²) in [5.41, 5.74) is -0.350. The molecule has 1 amide bonds. The van der Waals surface area contributed by atoms with Crippen LogP contribution in [0.3, 0.4) is 0 Å². The minimum Gasteiger partial charge on any atom is -0.481 e. The number of carboxylic acids is 1. The van der Waals surface area contributed by atoms with Gasteiger partial charge in [-0.2, -0.15) is 0 Å². The van der Waals surface area contributed by atoms with Crippen molar-refractivity contribution in [1.82, 2.24) is 10.6 Å². The topological polar surface area (TPSA) is 78.4 Å². The Bertz CT molecular complexity index is 320. The van der Waals surface area contributed by atoms with Crippen molar-refractivity contribution in [3.8, 4) is 0 Å². The van der Waals surface area contributed by atoms with Gasteiger partial charge >= 0.3 is 5.97 Å². The molecule has 116 valence electrons. The van der Waals surface area contributed by atoms with Gasteiger partial charge < -0.3 is 15.7 Å². The molecule has 3 N–H and O–H groups in total. The predicted octanol–water partition coefficient (Wildman–Crippen LogP) is 1.92. The van der Waals surface area contributed by atoms with Crippen LogP contribution in [0.25, 0.3) is 0 Å². The molecule has 5 heteroatoms. The van der Waals surface area contributed by atoms with E-state index in [1.54, 1.807) is 0 Å². The second kappa shape index (κ2) is 8.25. The van der Waals surface area contributed by atoms with E-state index in [0.29, 0.717) is 13.0 Å². The molecule has 1 saturated heterocycles. The lowest BCUT2D eigenvalue weighted by atomic mass is 9.76. The van der Waals surface area contributed by atoms with Gasteiger partial charge in [0.05, 0.1) is 11.8 Å². The summed E-state index contributed by atoms with van der Waals surface area (Å²) in [6.45, 7) is 5.76. The maximum absolute atomic E-state index is 12.6. The summed E-state index contributed by atoms with van der Waals surface area (Å²) >= 11 is 0. The fourth-order valence-electron chi connectivity index (χ4n) is 3.09. The molecule has 0 radical (unpaired) electrons. The molecule has 0 aromatic heterocycles. The second-order valence-electron chi connectivity index (χ2n) is 5.87. The van der Waals surface area contributed by atoms with E-state index in [-0.39, 0.29) is 23.8 Å². The number of aliphatic carboxylic acids is 1. The van der Waals surface area contributed by atoms with E-state index in [0.717, 1.165) is 38.6 Å². The lowest BCUT2D eigenvalue weighted by Crippen LogP contribution is -2.53. The number of carboxylic acid groups (broad SMARTS) is 1. The molecule has 0 aliphatic carbocycles. The Kier molecular flexibility index (Phi) is 6.99. The highest BCUT2D eigenvalue weighted by molar-refractivity contribution is 5.83. The number of rotatable bonds is 8. The van der Waals surface area contributed by atoms with Crippen molar-refractivity contribution in [1.29, 1.82) is 0 Å². The van der Waals surface area contributed by atoms with Crippen molar-refractivity contribution in [2.24, 2.45) is 5.41 Å². The van der Waals surface area contributed by atoms with Crippen molar-refractivity contribution in [3.05, 3.63) is 0 Å². The molecule has 1 aliphatic heterocycles. The fraction of sp³-hybridized carbons (Fsp3) is 0.867. The quantitative estimate of drug-likeness (QED) is 0.636. The van der Waals surface area contributed by atoms with E-state index in [1.807, 2.05) is 6.92 Å². The molecule has 0 aromatic rings. The van der Waals surface area contributed by atoms with Gasteiger partial charge in [-0.3, -0.25) is 9.59 Å². The smallest absolute Gasteiger partial charge is 0.305 e. The standard InChI is InChI=1S/C15H28N2O3/c1-3-6-12(10-13(18)19)17-14(20)15(7-4-2)8-5-9-16-11-15/h12,16H,3-11H2,1-2H3,(H,17,20)(H,18,19). The van der Waals surface area contributed by atoms with Gasteiger partial charge in [0.25, 0.3) is 0 Å². The molecule has 1 fully saturated rings. The Morgan fingerprint density at radius 3 is 2.60 bits per heavy atom. The van der Waals surface area contributed by atoms with Gasteiger partial charge in [0, 0.05) is 12.6 Å². The molecular weight excluding hydrogens is 256 g/mol. The lowest BCUT2D eigenvalue weighted by molar-refractivity contribution is -0.138. The van der Waals surface area contributed by atoms with Crippen molar-refractivity contribution in [3.63, 3.8) is 0 Å². The van der Waals surface area contributed by atoms with Crippen LogP contribution in [0.15, 0.2) is 0 Å². The summed E-state index contributed by atoms with van der Waals surface area (Å²) in [6, 6.07) is -0.249. The van der Waals surface area contributed by atoms with Gasteiger partial charge in [0.1, 0.15) is 0 Å². The van der Waals surface area contributed by atoms with Crippen LogP contribution >= 0.6 is 0 Å². The van der Waals surface area contributed by atoms with Crippen LogP contribution in [0.1, 0.15) is 58.8 Å². The number of carbonyl (C=O) groups is 2. The van der Waals surface area contributed by atoms with E-state index >= 15 is 0 Å². The van der Waals surface area contributed by atoms with E-state index in [9.17, 15) is 9.59 Å². The third-order valence-electron chi connectivity index (χ3n) is 4.08. The van der Waals surface area contributed by atoms with Crippen molar-refractivity contribution >= 4 is 11.9 Å². The minimum absolute atomic E-state index is 0.00914. The first kappa shape index (κ1) is 17.0. The summed E-state index contributed by atoms with van der Waals surface area (Å²) < 4.78 is 0. The number of amides is 1. The summed E-state index contributed by atoms with van der Waals surface area (Å²) in [4.78, 5) is 23.5. The largest absolute Gasteiger partial charge is 0.481 e. The minimum atomic E-state index is -0.852. The molecule has 1 aliphatic rings. The van der Waals surface area contributed by atoms with Crippen molar-refractivity contribution in [2.45, 2.75) is 64.8 Å². The van der Waals surface area contributed by atoms with Gasteiger partial charge in [-0.15, -0.1) is 0 Å². The molecule has 5 nitrogen and oxygen atoms in total. The molecule has 1 heterocycles. The Hall–Kier alpha value is -1.10. The second-order valence-corrected chi connectivity index (χ2v) is 5.87. The maximum atomic E-state index is 12.6. The van der Waals surface area contributed by atoms with Crippen LogP contribution in [0, 0.1) is 5.41 Å². The number of piperidine rings is 1. The van der Waals surface area contributed by atoms with Crippen LogP contribution in [0.2, 0.25) is 0 Å². The van der Waals surface area contributed by atoms with E-state index in [2.05, 4.69) is 17.6 Å². The number of nitrogens with one attached hydrogen (secondary N) is 2. The van der Waals surface area contributed by atoms with E-state index in [4.69, 9.17) is 5.11 Å². The van der Waals surface area contributed by atoms with Crippen LogP contribution in [-0.2, 0) is 9.59 Å². The molecule has 0 spiro atoms. The number of carbonyl (C=O) groups excluding carboxylic acids is 1. The lowest BCUT2D eigenvalue weighted by Gasteiger charge is -2.37. The Balaban J connectivity index is 2.69. The van der Waals surface area contributed by atoms with Crippen LogP contribution in [0.5, 0.6) is 0 Å². The summed E-state index contributed by atoms with van der Waals surface area (Å²) in [5.74, 6) is -0.818. The molecule has 20 heavy (non-hydrogen) atoms. The molecule has 2 unspecified atom stereocenters. The Morgan fingerprint density at radius 2 is 2.10 bits per heavy atom. The van der Waals surface area contributed by atoms with Gasteiger partial charge in [0.2, 0.25) is 5.91 Å². The van der Waals surface area contributed by atoms with Gasteiger partial charge in [-0.25, -0.2) is 0 Å². The summed E-state index contributed by atoms with van der Waals surface area (Å²) in [5, 5.41) is 15.2. The number of hydrogen-bond donors (Lipinski definition) is 3. The molecule has 0 aromatic carbocycles. The zero-order valence-corrected chi connectivity index (χ0v) is 12.7. The van der Waals surface area contributed by atoms with Gasteiger partial charge in [0.15, 0.2) is 0 Å². The zero-order chi connectivity index (χ0) is 15.0. The van der Waals surface area contributed by atoms with Crippen LogP contribution in [-0.4, -0.2) is 36.1 Å². The fourth-order valence-corrected chi connectivity index (χ4v) is 3.09. The van der Waals surface area contributed by atoms with Crippen molar-refractivity contribution < 1.29 is 14.7 Å². The maximum Gasteiger partial charge on any atom is 0.305 e. The summed E-state index contributed by atoms with van der Waals surface area (Å²) in [6.07, 6.45) is 5.32.